The number of nitrogens with zero attached hydrogens (tertiary/aromatic N) is 6. The van der Waals surface area contributed by atoms with E-state index in [-0.39, 0.29) is 23.7 Å². The molecular weight excluding hydrogens is 542 g/mol. The SMILES string of the molecule is COc1cc(C(=O)N2CC3CCC2[C@@H]3N)cc2nc(-c3cc4ccc(-c5ncc(O)cc5C)nc4n3CC3CC3)n(C)c12. The molecule has 2 saturated carbocycles. The first kappa shape index (κ1) is 26.2. The highest BCUT2D eigenvalue weighted by Crippen LogP contribution is 2.40. The molecule has 1 aliphatic heterocycles. The zero-order chi connectivity index (χ0) is 29.6. The molecule has 43 heavy (non-hydrogen) atoms. The first-order valence-corrected chi connectivity index (χ1v) is 15.1. The Morgan fingerprint density at radius 3 is 2.65 bits per heavy atom. The summed E-state index contributed by atoms with van der Waals surface area (Å²) < 4.78 is 10.2. The molecule has 10 nitrogen and oxygen atoms in total. The van der Waals surface area contributed by atoms with E-state index in [2.05, 4.69) is 26.3 Å². The zero-order valence-corrected chi connectivity index (χ0v) is 24.6. The highest BCUT2D eigenvalue weighted by atomic mass is 16.5. The molecule has 2 unspecified atom stereocenters. The molecule has 2 bridgehead atoms. The Bertz CT molecular complexity index is 1940. The standard InChI is InChI=1S/C33H35N7O3/c1-17-10-22(41)14-35-29(17)23-8-6-19-12-26(39(31(19)36-23)15-18-4-5-18)32-37-24-11-21(13-27(43-3)30(24)38(32)2)33(42)40-16-20-7-9-25(40)28(20)34/h6,8,10-14,18,20,25,28,41H,4-5,7,9,15-16,34H2,1-3H3/t20?,25?,28-/m1/s1. The highest BCUT2D eigenvalue weighted by Gasteiger charge is 2.47. The van der Waals surface area contributed by atoms with Crippen LogP contribution in [0.5, 0.6) is 11.5 Å². The normalized spacial score (nSPS) is 21.4. The van der Waals surface area contributed by atoms with Crippen LogP contribution in [0, 0.1) is 18.8 Å². The van der Waals surface area contributed by atoms with E-state index in [0.29, 0.717) is 29.7 Å². The summed E-state index contributed by atoms with van der Waals surface area (Å²) in [6.45, 7) is 3.49. The van der Waals surface area contributed by atoms with Gasteiger partial charge in [-0.2, -0.15) is 0 Å². The zero-order valence-electron chi connectivity index (χ0n) is 24.6. The molecule has 2 aliphatic carbocycles. The molecule has 5 aromatic rings. The minimum Gasteiger partial charge on any atom is -0.506 e. The topological polar surface area (TPSA) is 124 Å². The number of pyridine rings is 2. The second-order valence-electron chi connectivity index (χ2n) is 12.5. The lowest BCUT2D eigenvalue weighted by Gasteiger charge is -2.27. The number of aromatic hydroxyl groups is 1. The molecule has 3 aliphatic rings. The van der Waals surface area contributed by atoms with Crippen molar-refractivity contribution in [1.29, 1.82) is 0 Å². The van der Waals surface area contributed by atoms with Gasteiger partial charge in [-0.1, -0.05) is 0 Å². The fraction of sp³-hybridized carbons (Fsp3) is 0.394. The van der Waals surface area contributed by atoms with Gasteiger partial charge in [-0.3, -0.25) is 9.78 Å². The highest BCUT2D eigenvalue weighted by molar-refractivity contribution is 6.00. The van der Waals surface area contributed by atoms with E-state index in [9.17, 15) is 9.90 Å². The van der Waals surface area contributed by atoms with Gasteiger partial charge in [0.05, 0.1) is 35.9 Å². The van der Waals surface area contributed by atoms with Crippen LogP contribution in [0.1, 0.15) is 41.6 Å². The summed E-state index contributed by atoms with van der Waals surface area (Å²) in [6, 6.07) is 11.8. The van der Waals surface area contributed by atoms with E-state index in [1.165, 1.54) is 19.0 Å². The molecular formula is C33H35N7O3. The van der Waals surface area contributed by atoms with Gasteiger partial charge in [-0.15, -0.1) is 0 Å². The van der Waals surface area contributed by atoms with Crippen LogP contribution < -0.4 is 10.5 Å². The summed E-state index contributed by atoms with van der Waals surface area (Å²) in [4.78, 5) is 30.3. The molecule has 4 aromatic heterocycles. The van der Waals surface area contributed by atoms with Gasteiger partial charge in [0.25, 0.3) is 5.91 Å². The van der Waals surface area contributed by atoms with Gasteiger partial charge in [0.2, 0.25) is 0 Å². The van der Waals surface area contributed by atoms with Crippen LogP contribution >= 0.6 is 0 Å². The molecule has 3 fully saturated rings. The number of rotatable bonds is 6. The van der Waals surface area contributed by atoms with Gasteiger partial charge in [0.15, 0.2) is 5.82 Å². The number of hydrogen-bond donors (Lipinski definition) is 2. The third-order valence-corrected chi connectivity index (χ3v) is 9.73. The second-order valence-corrected chi connectivity index (χ2v) is 12.5. The summed E-state index contributed by atoms with van der Waals surface area (Å²) in [6.07, 6.45) is 5.91. The maximum Gasteiger partial charge on any atom is 0.254 e. The fourth-order valence-electron chi connectivity index (χ4n) is 7.28. The van der Waals surface area contributed by atoms with Crippen LogP contribution in [0.25, 0.3) is 45.0 Å². The Kier molecular flexibility index (Phi) is 5.81. The molecule has 1 amide bonds. The van der Waals surface area contributed by atoms with Gasteiger partial charge in [0.1, 0.15) is 22.7 Å². The number of aryl methyl sites for hydroxylation is 2. The molecule has 10 heteroatoms. The van der Waals surface area contributed by atoms with Crippen LogP contribution in [0.2, 0.25) is 0 Å². The first-order chi connectivity index (χ1) is 20.8. The molecule has 0 spiro atoms. The lowest BCUT2D eigenvalue weighted by molar-refractivity contribution is 0.0700. The predicted octanol–water partition coefficient (Wildman–Crippen LogP) is 4.65. The third-order valence-electron chi connectivity index (χ3n) is 9.73. The Morgan fingerprint density at radius 1 is 1.12 bits per heavy atom. The van der Waals surface area contributed by atoms with Crippen molar-refractivity contribution < 1.29 is 14.6 Å². The van der Waals surface area contributed by atoms with Crippen molar-refractivity contribution in [1.82, 2.24) is 29.0 Å². The number of methoxy groups -OCH3 is 1. The maximum atomic E-state index is 13.7. The number of hydrogen-bond acceptors (Lipinski definition) is 7. The van der Waals surface area contributed by atoms with Crippen LogP contribution in [0.15, 0.2) is 42.6 Å². The number of benzene rings is 1. The maximum absolute atomic E-state index is 13.7. The molecule has 3 atom stereocenters. The lowest BCUT2D eigenvalue weighted by atomic mass is 10.1. The molecule has 8 rings (SSSR count). The number of aromatic nitrogens is 5. The van der Waals surface area contributed by atoms with Gasteiger partial charge in [-0.25, -0.2) is 9.97 Å². The number of piperidine rings is 1. The van der Waals surface area contributed by atoms with Crippen molar-refractivity contribution in [2.24, 2.45) is 24.6 Å². The molecule has 0 radical (unpaired) electrons. The molecule has 3 N–H and O–H groups in total. The molecule has 1 saturated heterocycles. The number of carbonyl (C=O) groups excluding carboxylic acids is 1. The fourth-order valence-corrected chi connectivity index (χ4v) is 7.28. The summed E-state index contributed by atoms with van der Waals surface area (Å²) in [5, 5.41) is 10.9. The lowest BCUT2D eigenvalue weighted by Crippen LogP contribution is -2.41. The summed E-state index contributed by atoms with van der Waals surface area (Å²) >= 11 is 0. The average Bonchev–Trinajstić information content (AvgIpc) is 3.41. The van der Waals surface area contributed by atoms with E-state index in [4.69, 9.17) is 20.4 Å². The number of carbonyl (C=O) groups is 1. The minimum atomic E-state index is -0.00670. The van der Waals surface area contributed by atoms with Crippen LogP contribution in [-0.2, 0) is 13.6 Å². The van der Waals surface area contributed by atoms with E-state index in [0.717, 1.165) is 69.9 Å². The summed E-state index contributed by atoms with van der Waals surface area (Å²) in [7, 11) is 3.63. The number of imidazole rings is 1. The smallest absolute Gasteiger partial charge is 0.254 e. The van der Waals surface area contributed by atoms with Crippen LogP contribution in [0.4, 0.5) is 0 Å². The Morgan fingerprint density at radius 2 is 1.95 bits per heavy atom. The van der Waals surface area contributed by atoms with Crippen molar-refractivity contribution in [2.45, 2.75) is 51.2 Å². The largest absolute Gasteiger partial charge is 0.506 e. The van der Waals surface area contributed by atoms with Gasteiger partial charge >= 0.3 is 0 Å². The second kappa shape index (κ2) is 9.54. The van der Waals surface area contributed by atoms with Crippen LogP contribution in [0.3, 0.4) is 0 Å². The molecule has 5 heterocycles. The summed E-state index contributed by atoms with van der Waals surface area (Å²) in [5.41, 5.74) is 12.8. The number of fused-ring (bicyclic) bond motifs is 4. The Balaban J connectivity index is 1.25. The van der Waals surface area contributed by atoms with Crippen molar-refractivity contribution >= 4 is 28.0 Å². The third kappa shape index (κ3) is 4.11. The number of likely N-dealkylation sites (tertiary alicyclic amines) is 1. The number of nitrogens with two attached hydrogens (primary N) is 1. The average molecular weight is 578 g/mol. The monoisotopic (exact) mass is 577 g/mol. The quantitative estimate of drug-likeness (QED) is 0.301. The number of amides is 1. The predicted molar refractivity (Wildman–Crippen MR) is 164 cm³/mol. The van der Waals surface area contributed by atoms with Crippen LogP contribution in [-0.4, -0.2) is 65.7 Å². The Labute approximate surface area is 249 Å². The molecule has 1 aromatic carbocycles. The van der Waals surface area contributed by atoms with Gasteiger partial charge < -0.3 is 29.6 Å². The summed E-state index contributed by atoms with van der Waals surface area (Å²) in [5.74, 6) is 2.53. The van der Waals surface area contributed by atoms with Crippen molar-refractivity contribution in [2.75, 3.05) is 13.7 Å². The van der Waals surface area contributed by atoms with Crippen molar-refractivity contribution in [3.8, 4) is 34.4 Å². The number of ether oxygens (including phenoxy) is 1. The van der Waals surface area contributed by atoms with Crippen molar-refractivity contribution in [3.05, 3.63) is 53.7 Å². The van der Waals surface area contributed by atoms with Gasteiger partial charge in [-0.05, 0) is 86.4 Å². The van der Waals surface area contributed by atoms with E-state index in [1.807, 2.05) is 37.1 Å². The Hall–Kier alpha value is -4.44. The van der Waals surface area contributed by atoms with Crippen molar-refractivity contribution in [3.63, 3.8) is 0 Å². The van der Waals surface area contributed by atoms with E-state index >= 15 is 0 Å². The van der Waals surface area contributed by atoms with Gasteiger partial charge in [0, 0.05) is 43.2 Å². The van der Waals surface area contributed by atoms with E-state index in [1.54, 1.807) is 13.2 Å². The first-order valence-electron chi connectivity index (χ1n) is 15.1. The van der Waals surface area contributed by atoms with E-state index < -0.39 is 0 Å². The minimum absolute atomic E-state index is 0.00670. The molecule has 220 valence electrons.